The molecule has 2 N–H and O–H groups in total. The zero-order chi connectivity index (χ0) is 14.0. The van der Waals surface area contributed by atoms with E-state index < -0.39 is 0 Å². The van der Waals surface area contributed by atoms with Crippen molar-refractivity contribution < 1.29 is 4.79 Å². The van der Waals surface area contributed by atoms with Crippen LogP contribution in [0.1, 0.15) is 23.6 Å². The van der Waals surface area contributed by atoms with Crippen molar-refractivity contribution in [3.8, 4) is 0 Å². The lowest BCUT2D eigenvalue weighted by molar-refractivity contribution is -0.118. The summed E-state index contributed by atoms with van der Waals surface area (Å²) in [6.07, 6.45) is 0.540. The number of benzene rings is 1. The smallest absolute Gasteiger partial charge is 0.251 e. The maximum absolute atomic E-state index is 12.0. The van der Waals surface area contributed by atoms with Gasteiger partial charge in [0.05, 0.1) is 5.52 Å². The monoisotopic (exact) mass is 258 g/mol. The normalized spacial score (nSPS) is 10.7. The lowest BCUT2D eigenvalue weighted by Gasteiger charge is -2.07. The molecule has 2 rings (SSSR count). The Morgan fingerprint density at radius 1 is 1.26 bits per heavy atom. The fourth-order valence-corrected chi connectivity index (χ4v) is 2.29. The average Bonchev–Trinajstić information content (AvgIpc) is 2.30. The Hall–Kier alpha value is -2.10. The molecular weight excluding hydrogens is 240 g/mol. The molecule has 0 radical (unpaired) electrons. The van der Waals surface area contributed by atoms with Crippen LogP contribution in [0.4, 0.5) is 0 Å². The molecule has 0 unspecified atom stereocenters. The van der Waals surface area contributed by atoms with E-state index in [0.29, 0.717) is 18.5 Å². The van der Waals surface area contributed by atoms with Crippen LogP contribution in [-0.2, 0) is 11.2 Å². The Labute approximate surface area is 111 Å². The van der Waals surface area contributed by atoms with Gasteiger partial charge in [0, 0.05) is 19.0 Å². The Bertz CT molecular complexity index is 686. The fourth-order valence-electron chi connectivity index (χ4n) is 2.29. The number of aromatic amines is 1. The van der Waals surface area contributed by atoms with Crippen LogP contribution in [0.2, 0.25) is 0 Å². The van der Waals surface area contributed by atoms with Gasteiger partial charge in [0.2, 0.25) is 5.91 Å². The second-order valence-corrected chi connectivity index (χ2v) is 4.90. The van der Waals surface area contributed by atoms with E-state index >= 15 is 0 Å². The van der Waals surface area contributed by atoms with Gasteiger partial charge < -0.3 is 10.3 Å². The maximum Gasteiger partial charge on any atom is 0.251 e. The van der Waals surface area contributed by atoms with E-state index in [4.69, 9.17) is 0 Å². The highest BCUT2D eigenvalue weighted by molar-refractivity contribution is 5.82. The minimum atomic E-state index is -0.0797. The Morgan fingerprint density at radius 3 is 2.68 bits per heavy atom. The topological polar surface area (TPSA) is 62.0 Å². The number of pyridine rings is 1. The first-order valence-corrected chi connectivity index (χ1v) is 6.35. The molecule has 0 saturated carbocycles. The molecule has 0 spiro atoms. The molecule has 0 atom stereocenters. The number of carbonyl (C=O) groups is 1. The first-order chi connectivity index (χ1) is 8.97. The molecule has 1 aromatic heterocycles. The van der Waals surface area contributed by atoms with Crippen LogP contribution in [0.15, 0.2) is 23.0 Å². The minimum Gasteiger partial charge on any atom is -0.356 e. The summed E-state index contributed by atoms with van der Waals surface area (Å²) in [6.45, 7) is 5.98. The van der Waals surface area contributed by atoms with Gasteiger partial charge in [-0.25, -0.2) is 0 Å². The summed E-state index contributed by atoms with van der Waals surface area (Å²) in [6, 6.07) is 6.02. The number of hydrogen-bond donors (Lipinski definition) is 2. The van der Waals surface area contributed by atoms with Crippen molar-refractivity contribution in [3.05, 3.63) is 45.2 Å². The molecule has 1 amide bonds. The number of aromatic nitrogens is 1. The number of amides is 1. The van der Waals surface area contributed by atoms with E-state index in [1.165, 1.54) is 12.5 Å². The van der Waals surface area contributed by atoms with Crippen molar-refractivity contribution >= 4 is 16.8 Å². The summed E-state index contributed by atoms with van der Waals surface area (Å²) in [4.78, 5) is 25.7. The van der Waals surface area contributed by atoms with Gasteiger partial charge in [-0.15, -0.1) is 0 Å². The summed E-state index contributed by atoms with van der Waals surface area (Å²) in [5, 5.41) is 3.74. The van der Waals surface area contributed by atoms with Gasteiger partial charge in [-0.05, 0) is 43.4 Å². The average molecular weight is 258 g/mol. The van der Waals surface area contributed by atoms with Crippen LogP contribution < -0.4 is 10.9 Å². The van der Waals surface area contributed by atoms with Crippen molar-refractivity contribution in [2.45, 2.75) is 27.2 Å². The predicted molar refractivity (Wildman–Crippen MR) is 76.4 cm³/mol. The number of H-pyrrole nitrogens is 1. The summed E-state index contributed by atoms with van der Waals surface area (Å²) in [5.41, 5.74) is 3.75. The maximum atomic E-state index is 12.0. The number of fused-ring (bicyclic) bond motifs is 1. The Balaban J connectivity index is 2.38. The number of rotatable bonds is 3. The minimum absolute atomic E-state index is 0.0789. The lowest BCUT2D eigenvalue weighted by Crippen LogP contribution is -2.25. The molecule has 0 aliphatic rings. The molecule has 0 fully saturated rings. The zero-order valence-corrected chi connectivity index (χ0v) is 11.5. The lowest BCUT2D eigenvalue weighted by atomic mass is 10.0. The van der Waals surface area contributed by atoms with Gasteiger partial charge in [-0.3, -0.25) is 9.59 Å². The summed E-state index contributed by atoms with van der Waals surface area (Å²) >= 11 is 0. The molecule has 4 nitrogen and oxygen atoms in total. The highest BCUT2D eigenvalue weighted by atomic mass is 16.1. The van der Waals surface area contributed by atoms with Crippen LogP contribution in [0.25, 0.3) is 10.9 Å². The van der Waals surface area contributed by atoms with Crippen molar-refractivity contribution in [1.82, 2.24) is 10.3 Å². The molecule has 0 bridgehead atoms. The van der Waals surface area contributed by atoms with Crippen molar-refractivity contribution in [3.63, 3.8) is 0 Å². The van der Waals surface area contributed by atoms with Crippen LogP contribution in [0, 0.1) is 13.8 Å². The molecule has 0 saturated heterocycles. The first kappa shape index (κ1) is 13.3. The molecule has 100 valence electrons. The Kier molecular flexibility index (Phi) is 3.69. The Morgan fingerprint density at radius 2 is 2.00 bits per heavy atom. The van der Waals surface area contributed by atoms with Crippen LogP contribution in [0.3, 0.4) is 0 Å². The van der Waals surface area contributed by atoms with E-state index in [9.17, 15) is 9.59 Å². The van der Waals surface area contributed by atoms with Crippen molar-refractivity contribution in [1.29, 1.82) is 0 Å². The number of aryl methyl sites for hydroxylation is 2. The van der Waals surface area contributed by atoms with E-state index in [-0.39, 0.29) is 11.5 Å². The van der Waals surface area contributed by atoms with E-state index in [0.717, 1.165) is 16.5 Å². The van der Waals surface area contributed by atoms with Gasteiger partial charge in [0.1, 0.15) is 0 Å². The van der Waals surface area contributed by atoms with Crippen molar-refractivity contribution in [2.24, 2.45) is 0 Å². The number of nitrogens with one attached hydrogen (secondary N) is 2. The highest BCUT2D eigenvalue weighted by Crippen LogP contribution is 2.17. The standard InChI is InChI=1S/C15H18N2O2/c1-9-6-10(2)14-13(7-9)8-12(15(19)17-14)4-5-16-11(3)18/h6-8H,4-5H2,1-3H3,(H,16,18)(H,17,19). The second-order valence-electron chi connectivity index (χ2n) is 4.90. The van der Waals surface area contributed by atoms with Crippen LogP contribution >= 0.6 is 0 Å². The molecule has 0 aliphatic carbocycles. The largest absolute Gasteiger partial charge is 0.356 e. The highest BCUT2D eigenvalue weighted by Gasteiger charge is 2.05. The second kappa shape index (κ2) is 5.26. The van der Waals surface area contributed by atoms with Gasteiger partial charge in [0.15, 0.2) is 0 Å². The molecule has 4 heteroatoms. The van der Waals surface area contributed by atoms with Gasteiger partial charge in [-0.1, -0.05) is 11.6 Å². The SMILES string of the molecule is CC(=O)NCCc1cc2cc(C)cc(C)c2[nH]c1=O. The number of hydrogen-bond acceptors (Lipinski definition) is 2. The van der Waals surface area contributed by atoms with Crippen LogP contribution in [-0.4, -0.2) is 17.4 Å². The third kappa shape index (κ3) is 3.02. The van der Waals surface area contributed by atoms with Gasteiger partial charge in [0.25, 0.3) is 5.56 Å². The molecule has 2 aromatic rings. The summed E-state index contributed by atoms with van der Waals surface area (Å²) in [7, 11) is 0. The van der Waals surface area contributed by atoms with E-state index in [1.807, 2.05) is 19.9 Å². The molecule has 1 heterocycles. The molecule has 19 heavy (non-hydrogen) atoms. The third-order valence-corrected chi connectivity index (χ3v) is 3.14. The molecule has 0 aliphatic heterocycles. The molecule has 1 aromatic carbocycles. The van der Waals surface area contributed by atoms with Crippen molar-refractivity contribution in [2.75, 3.05) is 6.54 Å². The fraction of sp³-hybridized carbons (Fsp3) is 0.333. The first-order valence-electron chi connectivity index (χ1n) is 6.35. The summed E-state index contributed by atoms with van der Waals surface area (Å²) < 4.78 is 0. The third-order valence-electron chi connectivity index (χ3n) is 3.14. The quantitative estimate of drug-likeness (QED) is 0.882. The van der Waals surface area contributed by atoms with Gasteiger partial charge in [-0.2, -0.15) is 0 Å². The predicted octanol–water partition coefficient (Wildman–Crippen LogP) is 1.82. The van der Waals surface area contributed by atoms with E-state index in [2.05, 4.69) is 22.4 Å². The summed E-state index contributed by atoms with van der Waals surface area (Å²) in [5.74, 6) is -0.0797. The number of carbonyl (C=O) groups excluding carboxylic acids is 1. The van der Waals surface area contributed by atoms with Crippen LogP contribution in [0.5, 0.6) is 0 Å². The van der Waals surface area contributed by atoms with E-state index in [1.54, 1.807) is 0 Å². The zero-order valence-electron chi connectivity index (χ0n) is 11.5. The van der Waals surface area contributed by atoms with Gasteiger partial charge >= 0.3 is 0 Å². The molecular formula is C15H18N2O2.